The van der Waals surface area contributed by atoms with Crippen LogP contribution in [0.3, 0.4) is 0 Å². The van der Waals surface area contributed by atoms with Crippen molar-refractivity contribution in [3.63, 3.8) is 0 Å². The summed E-state index contributed by atoms with van der Waals surface area (Å²) in [5.74, 6) is -1.22. The molecule has 1 heterocycles. The Balaban J connectivity index is 2.65. The molecule has 7 heteroatoms. The predicted octanol–water partition coefficient (Wildman–Crippen LogP) is -0.358. The number of aryl methyl sites for hydroxylation is 1. The van der Waals surface area contributed by atoms with Gasteiger partial charge in [-0.2, -0.15) is 5.10 Å². The Labute approximate surface area is 92.4 Å². The molecule has 1 amide bonds. The molecule has 0 unspecified atom stereocenters. The van der Waals surface area contributed by atoms with Crippen LogP contribution in [0.5, 0.6) is 0 Å². The van der Waals surface area contributed by atoms with Gasteiger partial charge in [-0.25, -0.2) is 4.79 Å². The van der Waals surface area contributed by atoms with Crippen LogP contribution in [0.25, 0.3) is 0 Å². The lowest BCUT2D eigenvalue weighted by Gasteiger charge is -2.09. The minimum absolute atomic E-state index is 0.0500. The number of carbonyl (C=O) groups excluding carboxylic acids is 1. The van der Waals surface area contributed by atoms with Gasteiger partial charge in [0.15, 0.2) is 5.69 Å². The second kappa shape index (κ2) is 4.65. The second-order valence-corrected chi connectivity index (χ2v) is 3.54. The van der Waals surface area contributed by atoms with Crippen molar-refractivity contribution in [1.82, 2.24) is 14.7 Å². The Morgan fingerprint density at radius 2 is 2.19 bits per heavy atom. The summed E-state index contributed by atoms with van der Waals surface area (Å²) in [4.78, 5) is 23.4. The zero-order valence-corrected chi connectivity index (χ0v) is 9.17. The van der Waals surface area contributed by atoms with E-state index in [4.69, 9.17) is 10.8 Å². The van der Waals surface area contributed by atoms with Crippen LogP contribution in [-0.2, 0) is 11.3 Å². The summed E-state index contributed by atoms with van der Waals surface area (Å²) in [5, 5.41) is 12.5. The first-order valence-corrected chi connectivity index (χ1v) is 4.68. The molecule has 0 spiro atoms. The van der Waals surface area contributed by atoms with Gasteiger partial charge in [0.1, 0.15) is 0 Å². The van der Waals surface area contributed by atoms with Crippen LogP contribution in [0.15, 0.2) is 6.20 Å². The zero-order valence-electron chi connectivity index (χ0n) is 9.17. The maximum absolute atomic E-state index is 11.3. The molecular weight excluding hydrogens is 212 g/mol. The van der Waals surface area contributed by atoms with Crippen LogP contribution in [0.1, 0.15) is 16.9 Å². The fraction of sp³-hybridized carbons (Fsp3) is 0.444. The highest BCUT2D eigenvalue weighted by atomic mass is 16.4. The highest BCUT2D eigenvalue weighted by Crippen LogP contribution is 2.09. The third-order valence-corrected chi connectivity index (χ3v) is 2.05. The van der Waals surface area contributed by atoms with Gasteiger partial charge in [0.2, 0.25) is 5.91 Å². The molecule has 88 valence electrons. The van der Waals surface area contributed by atoms with Crippen LogP contribution < -0.4 is 5.73 Å². The maximum atomic E-state index is 11.3. The van der Waals surface area contributed by atoms with Crippen molar-refractivity contribution in [2.75, 3.05) is 19.8 Å². The summed E-state index contributed by atoms with van der Waals surface area (Å²) < 4.78 is 1.36. The number of nitrogen functional groups attached to an aromatic ring is 1. The predicted molar refractivity (Wildman–Crippen MR) is 56.9 cm³/mol. The number of aromatic nitrogens is 2. The largest absolute Gasteiger partial charge is 0.476 e. The summed E-state index contributed by atoms with van der Waals surface area (Å²) in [7, 11) is 3.31. The smallest absolute Gasteiger partial charge is 0.358 e. The van der Waals surface area contributed by atoms with E-state index in [0.717, 1.165) is 0 Å². The Morgan fingerprint density at radius 1 is 1.56 bits per heavy atom. The topological polar surface area (TPSA) is 101 Å². The van der Waals surface area contributed by atoms with E-state index >= 15 is 0 Å². The number of hydrogen-bond acceptors (Lipinski definition) is 4. The molecule has 0 aliphatic carbocycles. The van der Waals surface area contributed by atoms with Crippen molar-refractivity contribution in [2.45, 2.75) is 13.0 Å². The molecule has 1 aromatic rings. The Bertz CT molecular complexity index is 411. The highest BCUT2D eigenvalue weighted by Gasteiger charge is 2.13. The number of rotatable bonds is 4. The van der Waals surface area contributed by atoms with Crippen LogP contribution in [0.4, 0.5) is 5.69 Å². The van der Waals surface area contributed by atoms with Gasteiger partial charge < -0.3 is 15.7 Å². The SMILES string of the molecule is CN(C)C(=O)CCn1cc(N)c(C(=O)O)n1. The molecule has 0 aliphatic heterocycles. The van der Waals surface area contributed by atoms with Gasteiger partial charge >= 0.3 is 5.97 Å². The average molecular weight is 226 g/mol. The molecule has 0 bridgehead atoms. The van der Waals surface area contributed by atoms with Crippen LogP contribution in [0.2, 0.25) is 0 Å². The van der Waals surface area contributed by atoms with Gasteiger partial charge in [-0.1, -0.05) is 0 Å². The van der Waals surface area contributed by atoms with Crippen molar-refractivity contribution in [1.29, 1.82) is 0 Å². The quantitative estimate of drug-likeness (QED) is 0.730. The van der Waals surface area contributed by atoms with E-state index in [-0.39, 0.29) is 23.7 Å². The molecule has 1 aromatic heterocycles. The van der Waals surface area contributed by atoms with E-state index in [1.54, 1.807) is 14.1 Å². The minimum atomic E-state index is -1.17. The molecule has 0 atom stereocenters. The van der Waals surface area contributed by atoms with Gasteiger partial charge in [0.05, 0.1) is 5.69 Å². The molecule has 0 aliphatic rings. The van der Waals surface area contributed by atoms with Crippen LogP contribution in [-0.4, -0.2) is 45.8 Å². The van der Waals surface area contributed by atoms with Gasteiger partial charge in [-0.3, -0.25) is 9.48 Å². The summed E-state index contributed by atoms with van der Waals surface area (Å²) in [6.45, 7) is 0.314. The van der Waals surface area contributed by atoms with Crippen molar-refractivity contribution in [2.24, 2.45) is 0 Å². The molecule has 1 rings (SSSR count). The lowest BCUT2D eigenvalue weighted by molar-refractivity contribution is -0.128. The molecule has 3 N–H and O–H groups in total. The van der Waals surface area contributed by atoms with E-state index in [1.807, 2.05) is 0 Å². The fourth-order valence-electron chi connectivity index (χ4n) is 1.15. The number of amides is 1. The summed E-state index contributed by atoms with van der Waals surface area (Å²) >= 11 is 0. The third-order valence-electron chi connectivity index (χ3n) is 2.05. The van der Waals surface area contributed by atoms with E-state index in [1.165, 1.54) is 15.8 Å². The molecule has 0 radical (unpaired) electrons. The summed E-state index contributed by atoms with van der Waals surface area (Å²) in [6.07, 6.45) is 1.67. The third kappa shape index (κ3) is 2.72. The highest BCUT2D eigenvalue weighted by molar-refractivity contribution is 5.91. The number of hydrogen-bond donors (Lipinski definition) is 2. The molecule has 0 saturated carbocycles. The number of nitrogens with zero attached hydrogens (tertiary/aromatic N) is 3. The van der Waals surface area contributed by atoms with E-state index in [0.29, 0.717) is 6.54 Å². The monoisotopic (exact) mass is 226 g/mol. The van der Waals surface area contributed by atoms with Crippen molar-refractivity contribution >= 4 is 17.6 Å². The Kier molecular flexibility index (Phi) is 3.49. The van der Waals surface area contributed by atoms with E-state index < -0.39 is 5.97 Å². The summed E-state index contributed by atoms with van der Waals surface area (Å²) in [6, 6.07) is 0. The maximum Gasteiger partial charge on any atom is 0.358 e. The lowest BCUT2D eigenvalue weighted by atomic mass is 10.4. The normalized spacial score (nSPS) is 10.1. The van der Waals surface area contributed by atoms with Gasteiger partial charge in [-0.15, -0.1) is 0 Å². The Morgan fingerprint density at radius 3 is 2.62 bits per heavy atom. The summed E-state index contributed by atoms with van der Waals surface area (Å²) in [5.41, 5.74) is 5.37. The minimum Gasteiger partial charge on any atom is -0.476 e. The molecule has 16 heavy (non-hydrogen) atoms. The first kappa shape index (κ1) is 12.0. The first-order valence-electron chi connectivity index (χ1n) is 4.68. The van der Waals surface area contributed by atoms with Gasteiger partial charge in [0.25, 0.3) is 0 Å². The van der Waals surface area contributed by atoms with Crippen molar-refractivity contribution < 1.29 is 14.7 Å². The first-order chi connectivity index (χ1) is 7.41. The number of carboxylic acids is 1. The Hall–Kier alpha value is -2.05. The number of anilines is 1. The zero-order chi connectivity index (χ0) is 12.3. The van der Waals surface area contributed by atoms with E-state index in [2.05, 4.69) is 5.10 Å². The van der Waals surface area contributed by atoms with E-state index in [9.17, 15) is 9.59 Å². The molecule has 7 nitrogen and oxygen atoms in total. The number of carbonyl (C=O) groups is 2. The van der Waals surface area contributed by atoms with Gasteiger partial charge in [0, 0.05) is 33.3 Å². The molecule has 0 fully saturated rings. The second-order valence-electron chi connectivity index (χ2n) is 3.54. The fourth-order valence-corrected chi connectivity index (χ4v) is 1.15. The average Bonchev–Trinajstić information content (AvgIpc) is 2.56. The van der Waals surface area contributed by atoms with Crippen LogP contribution in [0, 0.1) is 0 Å². The number of aromatic carboxylic acids is 1. The van der Waals surface area contributed by atoms with Crippen LogP contribution >= 0.6 is 0 Å². The number of carboxylic acid groups (broad SMARTS) is 1. The van der Waals surface area contributed by atoms with Crippen molar-refractivity contribution in [3.8, 4) is 0 Å². The molecular formula is C9H14N4O3. The standard InChI is InChI=1S/C9H14N4O3/c1-12(2)7(14)3-4-13-5-6(10)8(11-13)9(15)16/h5H,3-4,10H2,1-2H3,(H,15,16). The lowest BCUT2D eigenvalue weighted by Crippen LogP contribution is -2.23. The molecule has 0 aromatic carbocycles. The van der Waals surface area contributed by atoms with Crippen molar-refractivity contribution in [3.05, 3.63) is 11.9 Å². The molecule has 0 saturated heterocycles. The van der Waals surface area contributed by atoms with Gasteiger partial charge in [-0.05, 0) is 0 Å². The number of nitrogens with two attached hydrogens (primary N) is 1.